The first-order valence-electron chi connectivity index (χ1n) is 11.4. The fourth-order valence-electron chi connectivity index (χ4n) is 5.01. The Morgan fingerprint density at radius 3 is 2.06 bits per heavy atom. The number of hydrogen-bond acceptors (Lipinski definition) is 1. The monoisotopic (exact) mass is 418 g/mol. The molecule has 0 aliphatic heterocycles. The van der Waals surface area contributed by atoms with E-state index in [-0.39, 0.29) is 11.3 Å². The first-order chi connectivity index (χ1) is 15.4. The van der Waals surface area contributed by atoms with Gasteiger partial charge in [-0.25, -0.2) is 0 Å². The minimum absolute atomic E-state index is 0.168. The van der Waals surface area contributed by atoms with E-state index >= 15 is 0 Å². The van der Waals surface area contributed by atoms with Crippen LogP contribution in [0.3, 0.4) is 0 Å². The third-order valence-electron chi connectivity index (χ3n) is 6.78. The predicted octanol–water partition coefficient (Wildman–Crippen LogP) is 8.13. The summed E-state index contributed by atoms with van der Waals surface area (Å²) in [6.45, 7) is 9.00. The molecule has 4 aromatic carbocycles. The number of benzene rings is 4. The molecule has 1 nitrogen and oxygen atoms in total. The molecule has 1 aliphatic rings. The number of fused-ring (bicyclic) bond motifs is 3. The lowest BCUT2D eigenvalue weighted by molar-refractivity contribution is 0.414. The smallest absolute Gasteiger partial charge is 0.119 e. The van der Waals surface area contributed by atoms with Crippen LogP contribution in [0, 0.1) is 6.92 Å². The molecule has 0 saturated heterocycles. The van der Waals surface area contributed by atoms with Crippen molar-refractivity contribution in [2.45, 2.75) is 39.0 Å². The van der Waals surface area contributed by atoms with Gasteiger partial charge in [-0.1, -0.05) is 93.6 Å². The van der Waals surface area contributed by atoms with Gasteiger partial charge in [-0.05, 0) is 74.5 Å². The largest absolute Gasteiger partial charge is 0.497 e. The van der Waals surface area contributed by atoms with E-state index in [0.29, 0.717) is 0 Å². The van der Waals surface area contributed by atoms with Crippen molar-refractivity contribution >= 4 is 0 Å². The minimum Gasteiger partial charge on any atom is -0.497 e. The van der Waals surface area contributed by atoms with E-state index in [1.807, 2.05) is 0 Å². The average molecular weight is 419 g/mol. The van der Waals surface area contributed by atoms with E-state index in [1.54, 1.807) is 7.11 Å². The fourth-order valence-corrected chi connectivity index (χ4v) is 5.01. The van der Waals surface area contributed by atoms with Crippen LogP contribution in [0.25, 0.3) is 22.3 Å². The lowest BCUT2D eigenvalue weighted by Gasteiger charge is -2.20. The molecule has 160 valence electrons. The van der Waals surface area contributed by atoms with Gasteiger partial charge in [0, 0.05) is 5.92 Å². The summed E-state index contributed by atoms with van der Waals surface area (Å²) >= 11 is 0. The van der Waals surface area contributed by atoms with E-state index in [9.17, 15) is 0 Å². The zero-order valence-electron chi connectivity index (χ0n) is 19.6. The maximum atomic E-state index is 5.56. The summed E-state index contributed by atoms with van der Waals surface area (Å²) < 4.78 is 5.56. The van der Waals surface area contributed by atoms with Gasteiger partial charge >= 0.3 is 0 Å². The van der Waals surface area contributed by atoms with Crippen molar-refractivity contribution in [2.75, 3.05) is 7.11 Å². The lowest BCUT2D eigenvalue weighted by Crippen LogP contribution is -2.10. The molecule has 0 aromatic heterocycles. The molecule has 1 heteroatoms. The molecule has 0 amide bonds. The molecular formula is C31H30O. The number of rotatable bonds is 3. The molecule has 0 fully saturated rings. The van der Waals surface area contributed by atoms with Crippen LogP contribution in [-0.4, -0.2) is 7.11 Å². The zero-order chi connectivity index (χ0) is 22.5. The second-order valence-electron chi connectivity index (χ2n) is 9.88. The van der Waals surface area contributed by atoms with Gasteiger partial charge in [-0.2, -0.15) is 0 Å². The van der Waals surface area contributed by atoms with Gasteiger partial charge in [-0.3, -0.25) is 0 Å². The van der Waals surface area contributed by atoms with Gasteiger partial charge in [0.05, 0.1) is 7.11 Å². The molecule has 1 atom stereocenters. The highest BCUT2D eigenvalue weighted by Crippen LogP contribution is 2.49. The van der Waals surface area contributed by atoms with Crippen molar-refractivity contribution in [1.29, 1.82) is 0 Å². The first-order valence-corrected chi connectivity index (χ1v) is 11.4. The molecule has 0 heterocycles. The Morgan fingerprint density at radius 1 is 0.688 bits per heavy atom. The summed E-state index contributed by atoms with van der Waals surface area (Å²) in [6.07, 6.45) is 0. The predicted molar refractivity (Wildman–Crippen MR) is 135 cm³/mol. The standard InChI is InChI=1S/C31H30O/c1-20-18-22(12-16-25(20)21-10-13-23(14-11-21)31(2,3)4)30-28-9-7-6-8-26(28)27-17-15-24(32-5)19-29(27)30/h6-19,30H,1-5H3. The van der Waals surface area contributed by atoms with Crippen LogP contribution < -0.4 is 4.74 Å². The van der Waals surface area contributed by atoms with E-state index in [0.717, 1.165) is 5.75 Å². The SMILES string of the molecule is COc1ccc2c(c1)C(c1ccc(-c3ccc(C(C)(C)C)cc3)c(C)c1)c1ccccc1-2. The molecule has 0 spiro atoms. The van der Waals surface area contributed by atoms with E-state index in [2.05, 4.69) is 113 Å². The van der Waals surface area contributed by atoms with Crippen LogP contribution >= 0.6 is 0 Å². The molecule has 4 aromatic rings. The van der Waals surface area contributed by atoms with Gasteiger partial charge < -0.3 is 4.74 Å². The third kappa shape index (κ3) is 3.42. The fraction of sp³-hybridized carbons (Fsp3) is 0.226. The summed E-state index contributed by atoms with van der Waals surface area (Å²) in [7, 11) is 1.74. The number of ether oxygens (including phenoxy) is 1. The Hall–Kier alpha value is -3.32. The molecule has 0 N–H and O–H groups in total. The maximum absolute atomic E-state index is 5.56. The van der Waals surface area contributed by atoms with Crippen molar-refractivity contribution < 1.29 is 4.74 Å². The van der Waals surface area contributed by atoms with Crippen molar-refractivity contribution in [3.63, 3.8) is 0 Å². The molecule has 0 saturated carbocycles. The lowest BCUT2D eigenvalue weighted by atomic mass is 9.85. The summed E-state index contributed by atoms with van der Waals surface area (Å²) in [4.78, 5) is 0. The van der Waals surface area contributed by atoms with E-state index < -0.39 is 0 Å². The van der Waals surface area contributed by atoms with Gasteiger partial charge in [0.2, 0.25) is 0 Å². The maximum Gasteiger partial charge on any atom is 0.119 e. The molecule has 0 bridgehead atoms. The van der Waals surface area contributed by atoms with Gasteiger partial charge in [0.25, 0.3) is 0 Å². The number of hydrogen-bond donors (Lipinski definition) is 0. The number of methoxy groups -OCH3 is 1. The third-order valence-corrected chi connectivity index (χ3v) is 6.78. The summed E-state index contributed by atoms with van der Waals surface area (Å²) in [6, 6.07) is 31.2. The van der Waals surface area contributed by atoms with Gasteiger partial charge in [-0.15, -0.1) is 0 Å². The normalized spacial score (nSPS) is 14.7. The van der Waals surface area contributed by atoms with Gasteiger partial charge in [0.15, 0.2) is 0 Å². The quantitative estimate of drug-likeness (QED) is 0.287. The van der Waals surface area contributed by atoms with Gasteiger partial charge in [0.1, 0.15) is 5.75 Å². The highest BCUT2D eigenvalue weighted by atomic mass is 16.5. The Kier molecular flexibility index (Phi) is 4.93. The average Bonchev–Trinajstić information content (AvgIpc) is 3.12. The van der Waals surface area contributed by atoms with Crippen LogP contribution in [0.1, 0.15) is 54.5 Å². The molecule has 0 radical (unpaired) electrons. The van der Waals surface area contributed by atoms with Crippen LogP contribution in [-0.2, 0) is 5.41 Å². The summed E-state index contributed by atoms with van der Waals surface area (Å²) in [5, 5.41) is 0. The highest BCUT2D eigenvalue weighted by molar-refractivity contribution is 5.81. The molecule has 5 rings (SSSR count). The Morgan fingerprint density at radius 2 is 1.38 bits per heavy atom. The topological polar surface area (TPSA) is 9.23 Å². The molecule has 1 aliphatic carbocycles. The van der Waals surface area contributed by atoms with E-state index in [4.69, 9.17) is 4.74 Å². The Balaban J connectivity index is 1.57. The van der Waals surface area contributed by atoms with Crippen molar-refractivity contribution in [1.82, 2.24) is 0 Å². The summed E-state index contributed by atoms with van der Waals surface area (Å²) in [5.74, 6) is 1.14. The second-order valence-corrected chi connectivity index (χ2v) is 9.88. The van der Waals surface area contributed by atoms with Crippen molar-refractivity contribution in [2.24, 2.45) is 0 Å². The van der Waals surface area contributed by atoms with Crippen LogP contribution in [0.2, 0.25) is 0 Å². The zero-order valence-corrected chi connectivity index (χ0v) is 19.6. The second kappa shape index (κ2) is 7.67. The summed E-state index contributed by atoms with van der Waals surface area (Å²) in [5.41, 5.74) is 12.1. The number of aryl methyl sites for hydroxylation is 1. The molecule has 1 unspecified atom stereocenters. The minimum atomic E-state index is 0.168. The molecular weight excluding hydrogens is 388 g/mol. The van der Waals surface area contributed by atoms with Crippen LogP contribution in [0.15, 0.2) is 84.9 Å². The Labute approximate surface area is 191 Å². The van der Waals surface area contributed by atoms with Crippen molar-refractivity contribution in [3.05, 3.63) is 113 Å². The van der Waals surface area contributed by atoms with Crippen molar-refractivity contribution in [3.8, 4) is 28.0 Å². The first kappa shape index (κ1) is 20.6. The Bertz CT molecular complexity index is 1290. The highest BCUT2D eigenvalue weighted by Gasteiger charge is 2.30. The van der Waals surface area contributed by atoms with Crippen LogP contribution in [0.4, 0.5) is 0 Å². The molecule has 32 heavy (non-hydrogen) atoms. The van der Waals surface area contributed by atoms with Crippen LogP contribution in [0.5, 0.6) is 5.75 Å². The van der Waals surface area contributed by atoms with E-state index in [1.165, 1.54) is 50.1 Å².